The Balaban J connectivity index is 1.54. The molecule has 7 nitrogen and oxygen atoms in total. The van der Waals surface area contributed by atoms with Crippen LogP contribution in [0.1, 0.15) is 15.9 Å². The molecular weight excluding hydrogens is 394 g/mol. The number of esters is 1. The van der Waals surface area contributed by atoms with Crippen molar-refractivity contribution in [3.8, 4) is 10.7 Å². The van der Waals surface area contributed by atoms with Gasteiger partial charge >= 0.3 is 5.97 Å². The maximum Gasteiger partial charge on any atom is 0.337 e. The standard InChI is InChI=1S/C19H17N5O2S2/c1-24-16(15-14(20)13-4-3-9-21-17(13)28-15)22-23-19(24)27-10-11-5-7-12(8-6-11)18(25)26-2/h3-9H,10,20H2,1-2H3. The molecule has 0 radical (unpaired) electrons. The van der Waals surface area contributed by atoms with E-state index in [-0.39, 0.29) is 5.97 Å². The number of benzene rings is 1. The summed E-state index contributed by atoms with van der Waals surface area (Å²) < 4.78 is 6.66. The predicted molar refractivity (Wildman–Crippen MR) is 111 cm³/mol. The van der Waals surface area contributed by atoms with E-state index in [1.165, 1.54) is 18.4 Å². The van der Waals surface area contributed by atoms with Gasteiger partial charge in [-0.05, 0) is 29.8 Å². The number of thioether (sulfide) groups is 1. The zero-order chi connectivity index (χ0) is 19.7. The van der Waals surface area contributed by atoms with Crippen molar-refractivity contribution >= 4 is 45.0 Å². The van der Waals surface area contributed by atoms with Crippen LogP contribution in [0.25, 0.3) is 20.9 Å². The van der Waals surface area contributed by atoms with Gasteiger partial charge in [0.15, 0.2) is 11.0 Å². The Labute approximate surface area is 169 Å². The van der Waals surface area contributed by atoms with Crippen LogP contribution >= 0.6 is 23.1 Å². The highest BCUT2D eigenvalue weighted by molar-refractivity contribution is 7.98. The molecule has 0 amide bonds. The molecule has 9 heteroatoms. The van der Waals surface area contributed by atoms with Crippen molar-refractivity contribution in [1.82, 2.24) is 19.7 Å². The van der Waals surface area contributed by atoms with Crippen molar-refractivity contribution in [3.05, 3.63) is 53.7 Å². The Morgan fingerprint density at radius 1 is 1.25 bits per heavy atom. The molecule has 0 unspecified atom stereocenters. The van der Waals surface area contributed by atoms with Crippen LogP contribution in [0, 0.1) is 0 Å². The molecule has 0 aliphatic carbocycles. The molecule has 28 heavy (non-hydrogen) atoms. The van der Waals surface area contributed by atoms with E-state index < -0.39 is 0 Å². The van der Waals surface area contributed by atoms with Crippen LogP contribution in [0.15, 0.2) is 47.8 Å². The predicted octanol–water partition coefficient (Wildman–Crippen LogP) is 3.75. The number of methoxy groups -OCH3 is 1. The number of nitrogens with zero attached hydrogens (tertiary/aromatic N) is 4. The lowest BCUT2D eigenvalue weighted by atomic mass is 10.1. The molecule has 0 saturated carbocycles. The van der Waals surface area contributed by atoms with Crippen LogP contribution in [0.5, 0.6) is 0 Å². The number of ether oxygens (including phenoxy) is 1. The van der Waals surface area contributed by atoms with E-state index in [2.05, 4.69) is 15.2 Å². The number of pyridine rings is 1. The smallest absolute Gasteiger partial charge is 0.337 e. The summed E-state index contributed by atoms with van der Waals surface area (Å²) in [6, 6.07) is 11.2. The number of nitrogens with two attached hydrogens (primary N) is 1. The number of thiophene rings is 1. The zero-order valence-electron chi connectivity index (χ0n) is 15.2. The van der Waals surface area contributed by atoms with E-state index in [4.69, 9.17) is 10.5 Å². The lowest BCUT2D eigenvalue weighted by Crippen LogP contribution is -2.00. The topological polar surface area (TPSA) is 95.9 Å². The first-order chi connectivity index (χ1) is 13.6. The largest absolute Gasteiger partial charge is 0.465 e. The third-order valence-electron chi connectivity index (χ3n) is 4.29. The fraction of sp³-hybridized carbons (Fsp3) is 0.158. The fourth-order valence-corrected chi connectivity index (χ4v) is 4.71. The maximum atomic E-state index is 11.5. The van der Waals surface area contributed by atoms with Crippen molar-refractivity contribution in [1.29, 1.82) is 0 Å². The number of fused-ring (bicyclic) bond motifs is 1. The Kier molecular flexibility index (Phi) is 5.01. The van der Waals surface area contributed by atoms with Gasteiger partial charge in [0.1, 0.15) is 4.83 Å². The minimum absolute atomic E-state index is 0.340. The lowest BCUT2D eigenvalue weighted by molar-refractivity contribution is 0.0600. The molecule has 0 aliphatic heterocycles. The van der Waals surface area contributed by atoms with E-state index in [1.807, 2.05) is 35.9 Å². The summed E-state index contributed by atoms with van der Waals surface area (Å²) in [7, 11) is 3.30. The van der Waals surface area contributed by atoms with Gasteiger partial charge in [0.25, 0.3) is 0 Å². The van der Waals surface area contributed by atoms with Crippen LogP contribution in [0.4, 0.5) is 5.69 Å². The highest BCUT2D eigenvalue weighted by Gasteiger charge is 2.18. The molecule has 4 rings (SSSR count). The first-order valence-electron chi connectivity index (χ1n) is 8.41. The van der Waals surface area contributed by atoms with Crippen LogP contribution in [-0.4, -0.2) is 32.8 Å². The molecular formula is C19H17N5O2S2. The second kappa shape index (κ2) is 7.61. The van der Waals surface area contributed by atoms with Gasteiger partial charge in [-0.25, -0.2) is 9.78 Å². The molecule has 3 aromatic heterocycles. The van der Waals surface area contributed by atoms with Crippen LogP contribution in [0.2, 0.25) is 0 Å². The molecule has 4 aromatic rings. The van der Waals surface area contributed by atoms with Crippen molar-refractivity contribution in [2.45, 2.75) is 10.9 Å². The second-order valence-electron chi connectivity index (χ2n) is 6.04. The quantitative estimate of drug-likeness (QED) is 0.395. The van der Waals surface area contributed by atoms with E-state index in [1.54, 1.807) is 30.1 Å². The van der Waals surface area contributed by atoms with Gasteiger partial charge in [0.05, 0.1) is 23.2 Å². The number of rotatable bonds is 5. The summed E-state index contributed by atoms with van der Waals surface area (Å²) in [4.78, 5) is 17.6. The summed E-state index contributed by atoms with van der Waals surface area (Å²) in [6.07, 6.45) is 1.76. The number of aromatic nitrogens is 4. The van der Waals surface area contributed by atoms with Gasteiger partial charge in [-0.15, -0.1) is 21.5 Å². The van der Waals surface area contributed by atoms with Gasteiger partial charge in [-0.3, -0.25) is 0 Å². The maximum absolute atomic E-state index is 11.5. The average molecular weight is 412 g/mol. The molecule has 0 aliphatic rings. The first-order valence-corrected chi connectivity index (χ1v) is 10.2. The fourth-order valence-electron chi connectivity index (χ4n) is 2.76. The molecule has 2 N–H and O–H groups in total. The second-order valence-corrected chi connectivity index (χ2v) is 7.98. The number of anilines is 1. The van der Waals surface area contributed by atoms with Gasteiger partial charge in [-0.2, -0.15) is 0 Å². The molecule has 1 aromatic carbocycles. The Bertz CT molecular complexity index is 1150. The van der Waals surface area contributed by atoms with Gasteiger partial charge in [-0.1, -0.05) is 23.9 Å². The Morgan fingerprint density at radius 2 is 2.04 bits per heavy atom. The number of hydrogen-bond acceptors (Lipinski definition) is 8. The van der Waals surface area contributed by atoms with E-state index in [9.17, 15) is 4.79 Å². The Morgan fingerprint density at radius 3 is 2.75 bits per heavy atom. The Hall–Kier alpha value is -2.91. The monoisotopic (exact) mass is 411 g/mol. The van der Waals surface area contributed by atoms with Crippen molar-refractivity contribution in [2.75, 3.05) is 12.8 Å². The minimum Gasteiger partial charge on any atom is -0.465 e. The normalized spacial score (nSPS) is 11.1. The van der Waals surface area contributed by atoms with E-state index >= 15 is 0 Å². The third kappa shape index (κ3) is 3.34. The van der Waals surface area contributed by atoms with Gasteiger partial charge < -0.3 is 15.0 Å². The van der Waals surface area contributed by atoms with Crippen LogP contribution in [0.3, 0.4) is 0 Å². The molecule has 0 fully saturated rings. The lowest BCUT2D eigenvalue weighted by Gasteiger charge is -2.04. The molecule has 0 atom stereocenters. The molecule has 142 valence electrons. The third-order valence-corrected chi connectivity index (χ3v) is 6.50. The van der Waals surface area contributed by atoms with Gasteiger partial charge in [0.2, 0.25) is 0 Å². The summed E-state index contributed by atoms with van der Waals surface area (Å²) in [5.41, 5.74) is 8.60. The van der Waals surface area contributed by atoms with Crippen LogP contribution < -0.4 is 5.73 Å². The minimum atomic E-state index is -0.340. The SMILES string of the molecule is COC(=O)c1ccc(CSc2nnc(-c3sc4ncccc4c3N)n2C)cc1. The number of hydrogen-bond donors (Lipinski definition) is 1. The van der Waals surface area contributed by atoms with E-state index in [0.717, 1.165) is 31.6 Å². The molecule has 3 heterocycles. The number of carbonyl (C=O) groups is 1. The molecule has 0 bridgehead atoms. The highest BCUT2D eigenvalue weighted by atomic mass is 32.2. The van der Waals surface area contributed by atoms with Crippen LogP contribution in [-0.2, 0) is 17.5 Å². The molecule has 0 spiro atoms. The number of carbonyl (C=O) groups excluding carboxylic acids is 1. The average Bonchev–Trinajstić information content (AvgIpc) is 3.26. The first kappa shape index (κ1) is 18.5. The van der Waals surface area contributed by atoms with Crippen molar-refractivity contribution in [3.63, 3.8) is 0 Å². The summed E-state index contributed by atoms with van der Waals surface area (Å²) in [5, 5.41) is 10.4. The summed E-state index contributed by atoms with van der Waals surface area (Å²) >= 11 is 3.08. The highest BCUT2D eigenvalue weighted by Crippen LogP contribution is 2.39. The van der Waals surface area contributed by atoms with Crippen molar-refractivity contribution in [2.24, 2.45) is 7.05 Å². The summed E-state index contributed by atoms with van der Waals surface area (Å²) in [5.74, 6) is 1.09. The summed E-state index contributed by atoms with van der Waals surface area (Å²) in [6.45, 7) is 0. The van der Waals surface area contributed by atoms with E-state index in [0.29, 0.717) is 17.0 Å². The number of nitrogen functional groups attached to an aromatic ring is 1. The van der Waals surface area contributed by atoms with Gasteiger partial charge in [0, 0.05) is 24.4 Å². The molecule has 0 saturated heterocycles. The zero-order valence-corrected chi connectivity index (χ0v) is 16.9. The van der Waals surface area contributed by atoms with Crippen molar-refractivity contribution < 1.29 is 9.53 Å².